The van der Waals surface area contributed by atoms with Gasteiger partial charge in [0.25, 0.3) is 5.91 Å². The number of piperidine rings is 1. The Labute approximate surface area is 177 Å². The second-order valence-corrected chi connectivity index (χ2v) is 7.56. The van der Waals surface area contributed by atoms with Gasteiger partial charge in [0.05, 0.1) is 18.4 Å². The van der Waals surface area contributed by atoms with Crippen LogP contribution in [0.4, 0.5) is 0 Å². The minimum absolute atomic E-state index is 0.105. The molecule has 1 saturated heterocycles. The third-order valence-corrected chi connectivity index (χ3v) is 5.49. The van der Waals surface area contributed by atoms with Gasteiger partial charge in [-0.15, -0.1) is 0 Å². The highest BCUT2D eigenvalue weighted by Crippen LogP contribution is 2.27. The molecular formula is C24H28N4O2. The van der Waals surface area contributed by atoms with Crippen LogP contribution in [0.25, 0.3) is 16.9 Å². The molecule has 0 bridgehead atoms. The molecular weight excluding hydrogens is 376 g/mol. The maximum Gasteiger partial charge on any atom is 0.255 e. The van der Waals surface area contributed by atoms with Gasteiger partial charge >= 0.3 is 0 Å². The Morgan fingerprint density at radius 3 is 2.63 bits per heavy atom. The van der Waals surface area contributed by atoms with E-state index in [9.17, 15) is 4.79 Å². The number of nitrogens with zero attached hydrogens (tertiary/aromatic N) is 3. The van der Waals surface area contributed by atoms with E-state index >= 15 is 0 Å². The SMILES string of the molecule is COc1cccc(-c2nn(-c3ccccc3)cc2C(=O)NCCN2CCCCC2)c1. The molecule has 1 fully saturated rings. The van der Waals surface area contributed by atoms with Crippen LogP contribution in [-0.2, 0) is 0 Å². The van der Waals surface area contributed by atoms with Crippen LogP contribution in [0.15, 0.2) is 60.8 Å². The normalized spacial score (nSPS) is 14.4. The Morgan fingerprint density at radius 1 is 1.07 bits per heavy atom. The van der Waals surface area contributed by atoms with Crippen LogP contribution >= 0.6 is 0 Å². The molecule has 4 rings (SSSR count). The number of aromatic nitrogens is 2. The Hall–Kier alpha value is -3.12. The standard InChI is InChI=1S/C24H28N4O2/c1-30-21-12-8-9-19(17-21)23-22(18-28(26-23)20-10-4-2-5-11-20)24(29)25-13-16-27-14-6-3-7-15-27/h2,4-5,8-12,17-18H,3,6-7,13-16H2,1H3,(H,25,29). The summed E-state index contributed by atoms with van der Waals surface area (Å²) in [6.07, 6.45) is 5.61. The summed E-state index contributed by atoms with van der Waals surface area (Å²) in [7, 11) is 1.63. The van der Waals surface area contributed by atoms with Gasteiger partial charge in [-0.1, -0.05) is 36.8 Å². The van der Waals surface area contributed by atoms with E-state index in [0.717, 1.165) is 36.6 Å². The van der Waals surface area contributed by atoms with Crippen LogP contribution in [0.1, 0.15) is 29.6 Å². The van der Waals surface area contributed by atoms with Gasteiger partial charge in [-0.25, -0.2) is 4.68 Å². The Balaban J connectivity index is 1.58. The van der Waals surface area contributed by atoms with Crippen LogP contribution in [-0.4, -0.2) is 53.9 Å². The number of amides is 1. The molecule has 0 aliphatic carbocycles. The third kappa shape index (κ3) is 4.71. The number of likely N-dealkylation sites (tertiary alicyclic amines) is 1. The first kappa shape index (κ1) is 20.2. The first-order valence-corrected chi connectivity index (χ1v) is 10.5. The van der Waals surface area contributed by atoms with Gasteiger partial charge in [-0.3, -0.25) is 4.79 Å². The van der Waals surface area contributed by atoms with Crippen molar-refractivity contribution in [3.63, 3.8) is 0 Å². The zero-order valence-electron chi connectivity index (χ0n) is 17.4. The molecule has 1 aliphatic rings. The molecule has 2 heterocycles. The lowest BCUT2D eigenvalue weighted by atomic mass is 10.1. The topological polar surface area (TPSA) is 59.4 Å². The zero-order chi connectivity index (χ0) is 20.8. The molecule has 6 heteroatoms. The quantitative estimate of drug-likeness (QED) is 0.651. The highest BCUT2D eigenvalue weighted by atomic mass is 16.5. The van der Waals surface area contributed by atoms with Gasteiger partial charge in [-0.05, 0) is 50.2 Å². The van der Waals surface area contributed by atoms with Crippen LogP contribution in [0.5, 0.6) is 5.75 Å². The van der Waals surface area contributed by atoms with E-state index < -0.39 is 0 Å². The minimum Gasteiger partial charge on any atom is -0.497 e. The summed E-state index contributed by atoms with van der Waals surface area (Å²) in [5.74, 6) is 0.630. The van der Waals surface area contributed by atoms with Gasteiger partial charge in [0.15, 0.2) is 0 Å². The summed E-state index contributed by atoms with van der Waals surface area (Å²) in [6, 6.07) is 17.5. The van der Waals surface area contributed by atoms with E-state index in [1.54, 1.807) is 18.0 Å². The Kier molecular flexibility index (Phi) is 6.44. The van der Waals surface area contributed by atoms with Gasteiger partial charge in [0.2, 0.25) is 0 Å². The van der Waals surface area contributed by atoms with Crippen molar-refractivity contribution in [2.24, 2.45) is 0 Å². The average molecular weight is 405 g/mol. The molecule has 3 aromatic rings. The van der Waals surface area contributed by atoms with Crippen molar-refractivity contribution in [2.45, 2.75) is 19.3 Å². The molecule has 1 aliphatic heterocycles. The van der Waals surface area contributed by atoms with Crippen molar-refractivity contribution in [1.29, 1.82) is 0 Å². The second kappa shape index (κ2) is 9.59. The number of methoxy groups -OCH3 is 1. The fourth-order valence-electron chi connectivity index (χ4n) is 3.84. The van der Waals surface area contributed by atoms with Crippen molar-refractivity contribution < 1.29 is 9.53 Å². The summed E-state index contributed by atoms with van der Waals surface area (Å²) in [5, 5.41) is 7.82. The predicted molar refractivity (Wildman–Crippen MR) is 118 cm³/mol. The van der Waals surface area contributed by atoms with E-state index in [0.29, 0.717) is 17.8 Å². The van der Waals surface area contributed by atoms with Gasteiger partial charge in [0, 0.05) is 24.8 Å². The number of nitrogens with one attached hydrogen (secondary N) is 1. The van der Waals surface area contributed by atoms with Gasteiger partial charge in [-0.2, -0.15) is 5.10 Å². The molecule has 0 saturated carbocycles. The van der Waals surface area contributed by atoms with Crippen LogP contribution in [0.3, 0.4) is 0 Å². The van der Waals surface area contributed by atoms with E-state index in [-0.39, 0.29) is 5.91 Å². The second-order valence-electron chi connectivity index (χ2n) is 7.56. The van der Waals surface area contributed by atoms with Crippen LogP contribution in [0.2, 0.25) is 0 Å². The third-order valence-electron chi connectivity index (χ3n) is 5.49. The molecule has 6 nitrogen and oxygen atoms in total. The maximum atomic E-state index is 13.1. The van der Waals surface area contributed by atoms with Crippen LogP contribution < -0.4 is 10.1 Å². The van der Waals surface area contributed by atoms with Crippen molar-refractivity contribution >= 4 is 5.91 Å². The smallest absolute Gasteiger partial charge is 0.255 e. The number of para-hydroxylation sites is 1. The number of ether oxygens (including phenoxy) is 1. The maximum absolute atomic E-state index is 13.1. The van der Waals surface area contributed by atoms with Crippen molar-refractivity contribution in [3.05, 3.63) is 66.4 Å². The first-order chi connectivity index (χ1) is 14.7. The molecule has 30 heavy (non-hydrogen) atoms. The summed E-state index contributed by atoms with van der Waals surface area (Å²) < 4.78 is 7.12. The number of rotatable bonds is 7. The first-order valence-electron chi connectivity index (χ1n) is 10.5. The molecule has 156 valence electrons. The predicted octanol–water partition coefficient (Wildman–Crippen LogP) is 3.76. The summed E-state index contributed by atoms with van der Waals surface area (Å²) in [4.78, 5) is 15.5. The largest absolute Gasteiger partial charge is 0.497 e. The Bertz CT molecular complexity index is 978. The molecule has 0 unspecified atom stereocenters. The van der Waals surface area contributed by atoms with Gasteiger partial charge < -0.3 is 15.0 Å². The summed E-state index contributed by atoms with van der Waals surface area (Å²) in [6.45, 7) is 3.76. The molecule has 0 spiro atoms. The molecule has 1 amide bonds. The number of carbonyl (C=O) groups excluding carboxylic acids is 1. The molecule has 0 atom stereocenters. The number of benzene rings is 2. The molecule has 2 aromatic carbocycles. The monoisotopic (exact) mass is 404 g/mol. The lowest BCUT2D eigenvalue weighted by Crippen LogP contribution is -2.37. The highest BCUT2D eigenvalue weighted by molar-refractivity contribution is 6.00. The fraction of sp³-hybridized carbons (Fsp3) is 0.333. The van der Waals surface area contributed by atoms with E-state index in [1.807, 2.05) is 54.6 Å². The number of hydrogen-bond donors (Lipinski definition) is 1. The van der Waals surface area contributed by atoms with Crippen molar-refractivity contribution in [2.75, 3.05) is 33.3 Å². The highest BCUT2D eigenvalue weighted by Gasteiger charge is 2.19. The summed E-state index contributed by atoms with van der Waals surface area (Å²) in [5.41, 5.74) is 2.97. The van der Waals surface area contributed by atoms with Crippen molar-refractivity contribution in [3.8, 4) is 22.7 Å². The van der Waals surface area contributed by atoms with E-state index in [2.05, 4.69) is 10.2 Å². The fourth-order valence-corrected chi connectivity index (χ4v) is 3.84. The number of carbonyl (C=O) groups is 1. The number of hydrogen-bond acceptors (Lipinski definition) is 4. The van der Waals surface area contributed by atoms with Crippen molar-refractivity contribution in [1.82, 2.24) is 20.0 Å². The molecule has 1 aromatic heterocycles. The molecule has 1 N–H and O–H groups in total. The zero-order valence-corrected chi connectivity index (χ0v) is 17.4. The summed E-state index contributed by atoms with van der Waals surface area (Å²) >= 11 is 0. The lowest BCUT2D eigenvalue weighted by molar-refractivity contribution is 0.0947. The average Bonchev–Trinajstić information content (AvgIpc) is 3.26. The van der Waals surface area contributed by atoms with Crippen LogP contribution in [0, 0.1) is 0 Å². The Morgan fingerprint density at radius 2 is 1.87 bits per heavy atom. The molecule has 0 radical (unpaired) electrons. The van der Waals surface area contributed by atoms with E-state index in [1.165, 1.54) is 19.3 Å². The van der Waals surface area contributed by atoms with Gasteiger partial charge in [0.1, 0.15) is 11.4 Å². The minimum atomic E-state index is -0.105. The van der Waals surface area contributed by atoms with E-state index in [4.69, 9.17) is 9.84 Å². The lowest BCUT2D eigenvalue weighted by Gasteiger charge is -2.26.